The molecular weight excluding hydrogens is 286 g/mol. The molecule has 0 atom stereocenters. The SMILES string of the molecule is CCNc1ncc(Cl)c(N(CCC#N)c2ccccc2)n1. The van der Waals surface area contributed by atoms with Gasteiger partial charge in [-0.2, -0.15) is 10.2 Å². The maximum absolute atomic E-state index is 8.86. The van der Waals surface area contributed by atoms with Crippen LogP contribution < -0.4 is 10.2 Å². The van der Waals surface area contributed by atoms with Crippen molar-refractivity contribution in [2.75, 3.05) is 23.3 Å². The Morgan fingerprint density at radius 2 is 2.10 bits per heavy atom. The van der Waals surface area contributed by atoms with Crippen LogP contribution in [0.4, 0.5) is 17.5 Å². The molecule has 1 aromatic heterocycles. The molecule has 2 rings (SSSR count). The van der Waals surface area contributed by atoms with E-state index in [2.05, 4.69) is 21.4 Å². The second-order valence-corrected chi connectivity index (χ2v) is 4.70. The summed E-state index contributed by atoms with van der Waals surface area (Å²) in [4.78, 5) is 10.5. The minimum Gasteiger partial charge on any atom is -0.354 e. The summed E-state index contributed by atoms with van der Waals surface area (Å²) in [5.41, 5.74) is 0.941. The van der Waals surface area contributed by atoms with Crippen molar-refractivity contribution < 1.29 is 0 Å². The zero-order chi connectivity index (χ0) is 15.1. The topological polar surface area (TPSA) is 64.8 Å². The number of hydrogen-bond donors (Lipinski definition) is 1. The van der Waals surface area contributed by atoms with Crippen LogP contribution in [0.25, 0.3) is 0 Å². The Labute approximate surface area is 129 Å². The van der Waals surface area contributed by atoms with Crippen LogP contribution in [0, 0.1) is 11.3 Å². The van der Waals surface area contributed by atoms with Crippen molar-refractivity contribution in [2.45, 2.75) is 13.3 Å². The summed E-state index contributed by atoms with van der Waals surface area (Å²) in [7, 11) is 0. The lowest BCUT2D eigenvalue weighted by Crippen LogP contribution is -2.20. The Kier molecular flexibility index (Phi) is 5.35. The van der Waals surface area contributed by atoms with Gasteiger partial charge in [0.15, 0.2) is 5.82 Å². The first-order valence-electron chi connectivity index (χ1n) is 6.72. The third kappa shape index (κ3) is 3.83. The van der Waals surface area contributed by atoms with Crippen molar-refractivity contribution >= 4 is 29.1 Å². The van der Waals surface area contributed by atoms with Crippen LogP contribution in [0.5, 0.6) is 0 Å². The van der Waals surface area contributed by atoms with Crippen LogP contribution >= 0.6 is 11.6 Å². The maximum Gasteiger partial charge on any atom is 0.224 e. The van der Waals surface area contributed by atoms with Crippen molar-refractivity contribution in [1.82, 2.24) is 9.97 Å². The van der Waals surface area contributed by atoms with E-state index in [4.69, 9.17) is 16.9 Å². The number of anilines is 3. The predicted molar refractivity (Wildman–Crippen MR) is 84.9 cm³/mol. The lowest BCUT2D eigenvalue weighted by Gasteiger charge is -2.24. The van der Waals surface area contributed by atoms with Gasteiger partial charge < -0.3 is 10.2 Å². The van der Waals surface area contributed by atoms with E-state index < -0.39 is 0 Å². The number of nitrogens with one attached hydrogen (secondary N) is 1. The van der Waals surface area contributed by atoms with Gasteiger partial charge in [-0.05, 0) is 19.1 Å². The van der Waals surface area contributed by atoms with Gasteiger partial charge >= 0.3 is 0 Å². The molecule has 0 amide bonds. The van der Waals surface area contributed by atoms with E-state index in [1.807, 2.05) is 42.2 Å². The standard InChI is InChI=1S/C15H16ClN5/c1-2-18-15-19-11-13(16)14(20-15)21(10-6-9-17)12-7-4-3-5-8-12/h3-5,7-8,11H,2,6,10H2,1H3,(H,18,19,20). The van der Waals surface area contributed by atoms with Crippen molar-refractivity contribution in [2.24, 2.45) is 0 Å². The van der Waals surface area contributed by atoms with Crippen LogP contribution in [0.3, 0.4) is 0 Å². The largest absolute Gasteiger partial charge is 0.354 e. The first-order valence-corrected chi connectivity index (χ1v) is 7.10. The van der Waals surface area contributed by atoms with Gasteiger partial charge in [0.1, 0.15) is 5.02 Å². The molecule has 0 radical (unpaired) electrons. The van der Waals surface area contributed by atoms with Crippen LogP contribution in [0.15, 0.2) is 36.5 Å². The number of aromatic nitrogens is 2. The molecule has 0 unspecified atom stereocenters. The van der Waals surface area contributed by atoms with Gasteiger partial charge in [0, 0.05) is 18.8 Å². The number of nitriles is 1. The van der Waals surface area contributed by atoms with Gasteiger partial charge in [-0.25, -0.2) is 4.98 Å². The maximum atomic E-state index is 8.86. The molecule has 1 heterocycles. The molecule has 0 saturated heterocycles. The van der Waals surface area contributed by atoms with Crippen molar-refractivity contribution in [3.05, 3.63) is 41.6 Å². The minimum absolute atomic E-state index is 0.381. The van der Waals surface area contributed by atoms with E-state index in [1.54, 1.807) is 6.20 Å². The molecule has 6 heteroatoms. The number of benzene rings is 1. The summed E-state index contributed by atoms with van der Waals surface area (Å²) in [6, 6.07) is 11.9. The Morgan fingerprint density at radius 3 is 2.76 bits per heavy atom. The Morgan fingerprint density at radius 1 is 1.33 bits per heavy atom. The van der Waals surface area contributed by atoms with Crippen LogP contribution in [0.1, 0.15) is 13.3 Å². The fourth-order valence-electron chi connectivity index (χ4n) is 1.92. The molecule has 0 fully saturated rings. The molecule has 0 aliphatic carbocycles. The smallest absolute Gasteiger partial charge is 0.224 e. The fourth-order valence-corrected chi connectivity index (χ4v) is 2.11. The molecule has 108 valence electrons. The fraction of sp³-hybridized carbons (Fsp3) is 0.267. The summed E-state index contributed by atoms with van der Waals surface area (Å²) in [6.07, 6.45) is 1.95. The molecule has 21 heavy (non-hydrogen) atoms. The van der Waals surface area contributed by atoms with E-state index in [9.17, 15) is 0 Å². The lowest BCUT2D eigenvalue weighted by molar-refractivity contribution is 0.919. The molecule has 1 aromatic carbocycles. The molecule has 0 spiro atoms. The first-order chi connectivity index (χ1) is 10.3. The summed E-state index contributed by atoms with van der Waals surface area (Å²) < 4.78 is 0. The molecule has 5 nitrogen and oxygen atoms in total. The zero-order valence-electron chi connectivity index (χ0n) is 11.8. The third-order valence-electron chi connectivity index (χ3n) is 2.83. The van der Waals surface area contributed by atoms with Gasteiger partial charge in [-0.1, -0.05) is 29.8 Å². The molecule has 2 aromatic rings. The van der Waals surface area contributed by atoms with Crippen molar-refractivity contribution in [3.8, 4) is 6.07 Å². The van der Waals surface area contributed by atoms with Crippen molar-refractivity contribution in [1.29, 1.82) is 5.26 Å². The molecular formula is C15H16ClN5. The summed E-state index contributed by atoms with van der Waals surface area (Å²) in [5, 5.41) is 12.4. The second-order valence-electron chi connectivity index (χ2n) is 4.29. The highest BCUT2D eigenvalue weighted by atomic mass is 35.5. The van der Waals surface area contributed by atoms with E-state index in [0.29, 0.717) is 29.8 Å². The highest BCUT2D eigenvalue weighted by molar-refractivity contribution is 6.33. The Balaban J connectivity index is 2.41. The van der Waals surface area contributed by atoms with Gasteiger partial charge in [-0.3, -0.25) is 0 Å². The van der Waals surface area contributed by atoms with E-state index in [0.717, 1.165) is 12.2 Å². The Bertz CT molecular complexity index is 624. The number of rotatable bonds is 6. The molecule has 1 N–H and O–H groups in total. The average molecular weight is 302 g/mol. The van der Waals surface area contributed by atoms with Gasteiger partial charge in [0.05, 0.1) is 18.7 Å². The predicted octanol–water partition coefficient (Wildman–Crippen LogP) is 3.61. The average Bonchev–Trinajstić information content (AvgIpc) is 2.52. The third-order valence-corrected chi connectivity index (χ3v) is 3.10. The van der Waals surface area contributed by atoms with Gasteiger partial charge in [0.25, 0.3) is 0 Å². The lowest BCUT2D eigenvalue weighted by atomic mass is 10.2. The van der Waals surface area contributed by atoms with E-state index in [1.165, 1.54) is 0 Å². The summed E-state index contributed by atoms with van der Waals surface area (Å²) in [6.45, 7) is 3.22. The summed E-state index contributed by atoms with van der Waals surface area (Å²) in [5.74, 6) is 1.12. The molecule has 0 aliphatic heterocycles. The van der Waals surface area contributed by atoms with Crippen LogP contribution in [-0.2, 0) is 0 Å². The monoisotopic (exact) mass is 301 g/mol. The van der Waals surface area contributed by atoms with E-state index in [-0.39, 0.29) is 0 Å². The number of hydrogen-bond acceptors (Lipinski definition) is 5. The van der Waals surface area contributed by atoms with Crippen LogP contribution in [-0.4, -0.2) is 23.1 Å². The number of halogens is 1. The first kappa shape index (κ1) is 15.1. The zero-order valence-corrected chi connectivity index (χ0v) is 12.5. The number of para-hydroxylation sites is 1. The molecule has 0 bridgehead atoms. The van der Waals surface area contributed by atoms with Crippen LogP contribution in [0.2, 0.25) is 5.02 Å². The Hall–Kier alpha value is -2.32. The van der Waals surface area contributed by atoms with E-state index >= 15 is 0 Å². The highest BCUT2D eigenvalue weighted by Gasteiger charge is 2.15. The number of nitrogens with zero attached hydrogens (tertiary/aromatic N) is 4. The van der Waals surface area contributed by atoms with Crippen molar-refractivity contribution in [3.63, 3.8) is 0 Å². The summed E-state index contributed by atoms with van der Waals surface area (Å²) >= 11 is 6.24. The normalized spacial score (nSPS) is 9.95. The molecule has 0 aliphatic rings. The minimum atomic E-state index is 0.381. The van der Waals surface area contributed by atoms with Gasteiger partial charge in [-0.15, -0.1) is 0 Å². The quantitative estimate of drug-likeness (QED) is 0.883. The molecule has 0 saturated carbocycles. The highest BCUT2D eigenvalue weighted by Crippen LogP contribution is 2.30. The van der Waals surface area contributed by atoms with Gasteiger partial charge in [0.2, 0.25) is 5.95 Å². The second kappa shape index (κ2) is 7.46.